The molecule has 1 saturated heterocycles. The van der Waals surface area contributed by atoms with Gasteiger partial charge in [-0.15, -0.1) is 0 Å². The fourth-order valence-electron chi connectivity index (χ4n) is 4.89. The Labute approximate surface area is 204 Å². The quantitative estimate of drug-likeness (QED) is 0.467. The van der Waals surface area contributed by atoms with Crippen molar-refractivity contribution in [1.29, 1.82) is 0 Å². The Morgan fingerprint density at radius 3 is 1.82 bits per heavy atom. The molecule has 0 atom stereocenters. The summed E-state index contributed by atoms with van der Waals surface area (Å²) >= 11 is 0. The Morgan fingerprint density at radius 2 is 1.35 bits per heavy atom. The highest BCUT2D eigenvalue weighted by molar-refractivity contribution is 7.89. The van der Waals surface area contributed by atoms with Crippen molar-refractivity contribution < 1.29 is 13.2 Å². The lowest BCUT2D eigenvalue weighted by atomic mass is 9.96. The van der Waals surface area contributed by atoms with Gasteiger partial charge < -0.3 is 4.74 Å². The zero-order chi connectivity index (χ0) is 24.3. The van der Waals surface area contributed by atoms with Crippen LogP contribution in [0.2, 0.25) is 0 Å². The number of piperazine rings is 1. The molecule has 0 bridgehead atoms. The maximum Gasteiger partial charge on any atom is 0.246 e. The maximum atomic E-state index is 13.7. The molecule has 1 aliphatic rings. The zero-order valence-electron chi connectivity index (χ0n) is 20.4. The van der Waals surface area contributed by atoms with Gasteiger partial charge in [0.05, 0.1) is 13.2 Å². The van der Waals surface area contributed by atoms with Gasteiger partial charge in [-0.25, -0.2) is 8.42 Å². The van der Waals surface area contributed by atoms with Crippen LogP contribution in [0.5, 0.6) is 5.75 Å². The summed E-state index contributed by atoms with van der Waals surface area (Å²) in [6.07, 6.45) is 0. The Balaban J connectivity index is 1.60. The van der Waals surface area contributed by atoms with E-state index in [1.165, 1.54) is 18.2 Å². The van der Waals surface area contributed by atoms with Crippen LogP contribution in [0, 0.1) is 6.92 Å². The van der Waals surface area contributed by atoms with Crippen LogP contribution in [-0.4, -0.2) is 50.9 Å². The van der Waals surface area contributed by atoms with Crippen molar-refractivity contribution >= 4 is 10.0 Å². The highest BCUT2D eigenvalue weighted by Crippen LogP contribution is 2.35. The first-order valence-electron chi connectivity index (χ1n) is 11.9. The molecule has 0 saturated carbocycles. The fourth-order valence-corrected chi connectivity index (χ4v) is 6.48. The highest BCUT2D eigenvalue weighted by atomic mass is 32.2. The summed E-state index contributed by atoms with van der Waals surface area (Å²) in [5.74, 6) is 0.644. The molecule has 3 aromatic carbocycles. The largest absolute Gasteiger partial charge is 0.495 e. The molecule has 6 heteroatoms. The van der Waals surface area contributed by atoms with E-state index in [9.17, 15) is 8.42 Å². The first-order chi connectivity index (χ1) is 16.3. The third-order valence-electron chi connectivity index (χ3n) is 6.66. The molecule has 0 aromatic heterocycles. The molecule has 0 spiro atoms. The summed E-state index contributed by atoms with van der Waals surface area (Å²) < 4.78 is 34.5. The van der Waals surface area contributed by atoms with E-state index in [1.807, 2.05) is 25.1 Å². The van der Waals surface area contributed by atoms with E-state index in [0.717, 1.165) is 11.1 Å². The number of hydrogen-bond donors (Lipinski definition) is 0. The normalized spacial score (nSPS) is 15.7. The summed E-state index contributed by atoms with van der Waals surface area (Å²) in [7, 11) is -2.14. The SMILES string of the molecule is COc1cc(C)c(C(C)C)cc1S(=O)(=O)N1CCN(C(c2ccccc2)c2ccccc2)CC1. The second-order valence-electron chi connectivity index (χ2n) is 9.18. The lowest BCUT2D eigenvalue weighted by molar-refractivity contribution is 0.155. The standard InChI is InChI=1S/C28H34N2O3S/c1-21(2)25-20-27(26(33-4)19-22(25)3)34(31,32)30-17-15-29(16-18-30)28(23-11-7-5-8-12-23)24-13-9-6-10-14-24/h5-14,19-21,28H,15-18H2,1-4H3. The van der Waals surface area contributed by atoms with E-state index in [-0.39, 0.29) is 16.9 Å². The minimum Gasteiger partial charge on any atom is -0.495 e. The molecule has 4 rings (SSSR count). The molecule has 0 radical (unpaired) electrons. The third-order valence-corrected chi connectivity index (χ3v) is 8.58. The average Bonchev–Trinajstić information content (AvgIpc) is 2.85. The van der Waals surface area contributed by atoms with Gasteiger partial charge in [0.15, 0.2) is 0 Å². The number of rotatable bonds is 7. The van der Waals surface area contributed by atoms with Crippen molar-refractivity contribution in [3.63, 3.8) is 0 Å². The van der Waals surface area contributed by atoms with Crippen LogP contribution in [0.15, 0.2) is 77.7 Å². The number of methoxy groups -OCH3 is 1. The Hall–Kier alpha value is -2.67. The fraction of sp³-hybridized carbons (Fsp3) is 0.357. The Bertz CT molecular complexity index is 1160. The molecule has 34 heavy (non-hydrogen) atoms. The zero-order valence-corrected chi connectivity index (χ0v) is 21.3. The second-order valence-corrected chi connectivity index (χ2v) is 11.1. The van der Waals surface area contributed by atoms with Gasteiger partial charge in [-0.05, 0) is 47.2 Å². The topological polar surface area (TPSA) is 49.9 Å². The van der Waals surface area contributed by atoms with Crippen molar-refractivity contribution in [2.75, 3.05) is 33.3 Å². The van der Waals surface area contributed by atoms with Gasteiger partial charge in [0.25, 0.3) is 0 Å². The Kier molecular flexibility index (Phi) is 7.41. The number of benzene rings is 3. The average molecular weight is 479 g/mol. The highest BCUT2D eigenvalue weighted by Gasteiger charge is 2.34. The van der Waals surface area contributed by atoms with E-state index in [0.29, 0.717) is 31.9 Å². The van der Waals surface area contributed by atoms with Crippen LogP contribution < -0.4 is 4.74 Å². The van der Waals surface area contributed by atoms with Crippen molar-refractivity contribution in [2.45, 2.75) is 37.6 Å². The molecular formula is C28H34N2O3S. The van der Waals surface area contributed by atoms with Crippen LogP contribution in [0.4, 0.5) is 0 Å². The number of aryl methyl sites for hydroxylation is 1. The molecule has 0 unspecified atom stereocenters. The molecule has 1 aliphatic heterocycles. The molecule has 5 nitrogen and oxygen atoms in total. The van der Waals surface area contributed by atoms with E-state index in [1.54, 1.807) is 10.4 Å². The maximum absolute atomic E-state index is 13.7. The lowest BCUT2D eigenvalue weighted by Gasteiger charge is -2.39. The van der Waals surface area contributed by atoms with Crippen LogP contribution in [0.25, 0.3) is 0 Å². The Morgan fingerprint density at radius 1 is 0.824 bits per heavy atom. The van der Waals surface area contributed by atoms with Crippen molar-refractivity contribution in [2.24, 2.45) is 0 Å². The minimum absolute atomic E-state index is 0.0914. The van der Waals surface area contributed by atoms with E-state index in [4.69, 9.17) is 4.74 Å². The van der Waals surface area contributed by atoms with Crippen molar-refractivity contribution in [1.82, 2.24) is 9.21 Å². The van der Waals surface area contributed by atoms with E-state index in [2.05, 4.69) is 67.3 Å². The number of ether oxygens (including phenoxy) is 1. The van der Waals surface area contributed by atoms with Gasteiger partial charge in [-0.3, -0.25) is 4.90 Å². The first-order valence-corrected chi connectivity index (χ1v) is 13.3. The van der Waals surface area contributed by atoms with Gasteiger partial charge >= 0.3 is 0 Å². The summed E-state index contributed by atoms with van der Waals surface area (Å²) in [6.45, 7) is 8.34. The lowest BCUT2D eigenvalue weighted by Crippen LogP contribution is -2.49. The van der Waals surface area contributed by atoms with Crippen molar-refractivity contribution in [3.8, 4) is 5.75 Å². The second kappa shape index (κ2) is 10.3. The molecule has 0 aliphatic carbocycles. The number of hydrogen-bond acceptors (Lipinski definition) is 4. The van der Waals surface area contributed by atoms with Crippen LogP contribution >= 0.6 is 0 Å². The molecule has 0 amide bonds. The van der Waals surface area contributed by atoms with Gasteiger partial charge in [0.1, 0.15) is 10.6 Å². The number of sulfonamides is 1. The minimum atomic E-state index is -3.67. The van der Waals surface area contributed by atoms with Crippen LogP contribution in [0.1, 0.15) is 48.1 Å². The molecule has 1 heterocycles. The molecular weight excluding hydrogens is 444 g/mol. The smallest absolute Gasteiger partial charge is 0.246 e. The molecule has 0 N–H and O–H groups in total. The van der Waals surface area contributed by atoms with Crippen LogP contribution in [0.3, 0.4) is 0 Å². The summed E-state index contributed by atoms with van der Waals surface area (Å²) in [5.41, 5.74) is 4.51. The summed E-state index contributed by atoms with van der Waals surface area (Å²) in [6, 6.07) is 24.6. The predicted octanol–water partition coefficient (Wildman–Crippen LogP) is 5.22. The van der Waals surface area contributed by atoms with E-state index < -0.39 is 10.0 Å². The van der Waals surface area contributed by atoms with Crippen LogP contribution in [-0.2, 0) is 10.0 Å². The van der Waals surface area contributed by atoms with Gasteiger partial charge in [0, 0.05) is 26.2 Å². The van der Waals surface area contributed by atoms with Gasteiger partial charge in [-0.1, -0.05) is 74.5 Å². The first kappa shape index (κ1) is 24.5. The van der Waals surface area contributed by atoms with Crippen molar-refractivity contribution in [3.05, 3.63) is 95.1 Å². The monoisotopic (exact) mass is 478 g/mol. The number of nitrogens with zero attached hydrogens (tertiary/aromatic N) is 2. The van der Waals surface area contributed by atoms with Gasteiger partial charge in [-0.2, -0.15) is 4.31 Å². The molecule has 1 fully saturated rings. The summed E-state index contributed by atoms with van der Waals surface area (Å²) in [4.78, 5) is 2.64. The molecule has 3 aromatic rings. The van der Waals surface area contributed by atoms with Gasteiger partial charge in [0.2, 0.25) is 10.0 Å². The predicted molar refractivity (Wildman–Crippen MR) is 137 cm³/mol. The third kappa shape index (κ3) is 4.90. The van der Waals surface area contributed by atoms with E-state index >= 15 is 0 Å². The summed E-state index contributed by atoms with van der Waals surface area (Å²) in [5, 5.41) is 0. The molecule has 180 valence electrons.